The summed E-state index contributed by atoms with van der Waals surface area (Å²) < 4.78 is 19.3. The molecular formula is C27H35FN2O3. The highest BCUT2D eigenvalue weighted by molar-refractivity contribution is 5.88. The molecule has 0 spiro atoms. The summed E-state index contributed by atoms with van der Waals surface area (Å²) in [6, 6.07) is 11.3. The van der Waals surface area contributed by atoms with Crippen molar-refractivity contribution in [2.45, 2.75) is 77.9 Å². The molecule has 6 heteroatoms. The van der Waals surface area contributed by atoms with E-state index in [0.717, 1.165) is 42.4 Å². The molecule has 0 heterocycles. The number of hydrogen-bond acceptors (Lipinski definition) is 3. The monoisotopic (exact) mass is 454 g/mol. The van der Waals surface area contributed by atoms with Crippen molar-refractivity contribution in [3.05, 3.63) is 65.0 Å². The number of nitrogens with one attached hydrogen (secondary N) is 1. The van der Waals surface area contributed by atoms with Gasteiger partial charge >= 0.3 is 0 Å². The maximum Gasteiger partial charge on any atom is 0.261 e. The number of nitrogens with zero attached hydrogens (tertiary/aromatic N) is 1. The second-order valence-corrected chi connectivity index (χ2v) is 8.90. The van der Waals surface area contributed by atoms with Gasteiger partial charge in [-0.2, -0.15) is 0 Å². The highest BCUT2D eigenvalue weighted by atomic mass is 19.1. The molecule has 0 bridgehead atoms. The zero-order chi connectivity index (χ0) is 23.8. The summed E-state index contributed by atoms with van der Waals surface area (Å²) in [6.07, 6.45) is 5.87. The standard InChI is InChI=1S/C27H35FN2O3/c1-4-24(27(32)29-23-10-6-5-7-11-23)30(17-21-13-15-22(28)16-14-21)26(31)18-33-25-12-8-9-19(2)20(25)3/h8-9,12-16,23-24H,4-7,10-11,17-18H2,1-3H3,(H,29,32)/t24-/m0/s1. The van der Waals surface area contributed by atoms with E-state index in [-0.39, 0.29) is 36.8 Å². The molecule has 178 valence electrons. The fourth-order valence-corrected chi connectivity index (χ4v) is 4.35. The molecule has 0 unspecified atom stereocenters. The lowest BCUT2D eigenvalue weighted by Gasteiger charge is -2.32. The molecule has 3 rings (SSSR count). The third-order valence-electron chi connectivity index (χ3n) is 6.51. The van der Waals surface area contributed by atoms with Gasteiger partial charge in [0.1, 0.15) is 17.6 Å². The van der Waals surface area contributed by atoms with Gasteiger partial charge in [0.25, 0.3) is 5.91 Å². The highest BCUT2D eigenvalue weighted by Crippen LogP contribution is 2.22. The lowest BCUT2D eigenvalue weighted by Crippen LogP contribution is -2.52. The number of carbonyl (C=O) groups is 2. The molecule has 1 fully saturated rings. The Balaban J connectivity index is 1.77. The van der Waals surface area contributed by atoms with Crippen LogP contribution in [0.5, 0.6) is 5.75 Å². The van der Waals surface area contributed by atoms with E-state index < -0.39 is 6.04 Å². The van der Waals surface area contributed by atoms with Gasteiger partial charge in [-0.05, 0) is 68.0 Å². The Hall–Kier alpha value is -2.89. The Morgan fingerprint density at radius 2 is 1.79 bits per heavy atom. The normalized spacial score (nSPS) is 15.0. The van der Waals surface area contributed by atoms with Crippen LogP contribution in [0.2, 0.25) is 0 Å². The number of carbonyl (C=O) groups excluding carboxylic acids is 2. The van der Waals surface area contributed by atoms with E-state index in [1.54, 1.807) is 17.0 Å². The Bertz CT molecular complexity index is 939. The lowest BCUT2D eigenvalue weighted by atomic mass is 9.95. The van der Waals surface area contributed by atoms with Crippen molar-refractivity contribution < 1.29 is 18.7 Å². The zero-order valence-electron chi connectivity index (χ0n) is 19.9. The summed E-state index contributed by atoms with van der Waals surface area (Å²) in [5.41, 5.74) is 2.83. The summed E-state index contributed by atoms with van der Waals surface area (Å²) in [5.74, 6) is -0.0840. The molecule has 1 N–H and O–H groups in total. The van der Waals surface area contributed by atoms with Crippen LogP contribution in [-0.4, -0.2) is 35.4 Å². The average molecular weight is 455 g/mol. The smallest absolute Gasteiger partial charge is 0.261 e. The second kappa shape index (κ2) is 11.8. The van der Waals surface area contributed by atoms with Crippen molar-refractivity contribution in [2.75, 3.05) is 6.61 Å². The molecule has 1 aliphatic carbocycles. The lowest BCUT2D eigenvalue weighted by molar-refractivity contribution is -0.143. The predicted octanol–water partition coefficient (Wildman–Crippen LogP) is 5.08. The third-order valence-corrected chi connectivity index (χ3v) is 6.51. The zero-order valence-corrected chi connectivity index (χ0v) is 19.9. The van der Waals surface area contributed by atoms with E-state index in [1.807, 2.05) is 39.0 Å². The largest absolute Gasteiger partial charge is 0.483 e. The Kier molecular flexibility index (Phi) is 8.87. The summed E-state index contributed by atoms with van der Waals surface area (Å²) >= 11 is 0. The van der Waals surface area contributed by atoms with E-state index in [1.165, 1.54) is 18.6 Å². The van der Waals surface area contributed by atoms with Gasteiger partial charge < -0.3 is 15.0 Å². The van der Waals surface area contributed by atoms with Crippen molar-refractivity contribution in [1.29, 1.82) is 0 Å². The fraction of sp³-hybridized carbons (Fsp3) is 0.481. The Labute approximate surface area is 196 Å². The number of benzene rings is 2. The number of amides is 2. The molecule has 1 saturated carbocycles. The molecule has 0 radical (unpaired) electrons. The number of hydrogen-bond donors (Lipinski definition) is 1. The molecule has 33 heavy (non-hydrogen) atoms. The van der Waals surface area contributed by atoms with Crippen molar-refractivity contribution in [3.8, 4) is 5.75 Å². The van der Waals surface area contributed by atoms with Crippen molar-refractivity contribution >= 4 is 11.8 Å². The summed E-state index contributed by atoms with van der Waals surface area (Å²) in [5, 5.41) is 3.16. The van der Waals surface area contributed by atoms with E-state index in [2.05, 4.69) is 5.32 Å². The van der Waals surface area contributed by atoms with Crippen molar-refractivity contribution in [2.24, 2.45) is 0 Å². The van der Waals surface area contributed by atoms with Crippen LogP contribution in [0.4, 0.5) is 4.39 Å². The van der Waals surface area contributed by atoms with E-state index in [0.29, 0.717) is 12.2 Å². The van der Waals surface area contributed by atoms with Gasteiger partial charge in [-0.1, -0.05) is 50.5 Å². The molecular weight excluding hydrogens is 419 g/mol. The number of aryl methyl sites for hydroxylation is 1. The molecule has 1 atom stereocenters. The van der Waals surface area contributed by atoms with Gasteiger partial charge in [0.15, 0.2) is 6.61 Å². The van der Waals surface area contributed by atoms with Gasteiger partial charge in [-0.15, -0.1) is 0 Å². The summed E-state index contributed by atoms with van der Waals surface area (Å²) in [4.78, 5) is 28.1. The fourth-order valence-electron chi connectivity index (χ4n) is 4.35. The molecule has 0 saturated heterocycles. The number of halogens is 1. The molecule has 2 amide bonds. The predicted molar refractivity (Wildman–Crippen MR) is 127 cm³/mol. The van der Waals surface area contributed by atoms with Crippen molar-refractivity contribution in [1.82, 2.24) is 10.2 Å². The van der Waals surface area contributed by atoms with Crippen LogP contribution in [0.1, 0.15) is 62.1 Å². The second-order valence-electron chi connectivity index (χ2n) is 8.90. The first-order valence-electron chi connectivity index (χ1n) is 11.9. The molecule has 0 aliphatic heterocycles. The Morgan fingerprint density at radius 3 is 2.45 bits per heavy atom. The van der Waals surface area contributed by atoms with Gasteiger partial charge in [-0.3, -0.25) is 9.59 Å². The summed E-state index contributed by atoms with van der Waals surface area (Å²) in [6.45, 7) is 5.90. The van der Waals surface area contributed by atoms with Crippen LogP contribution in [0.3, 0.4) is 0 Å². The van der Waals surface area contributed by atoms with E-state index >= 15 is 0 Å². The molecule has 0 aromatic heterocycles. The van der Waals surface area contributed by atoms with Gasteiger partial charge in [0.05, 0.1) is 0 Å². The maximum atomic E-state index is 13.4. The summed E-state index contributed by atoms with van der Waals surface area (Å²) in [7, 11) is 0. The highest BCUT2D eigenvalue weighted by Gasteiger charge is 2.30. The Morgan fingerprint density at radius 1 is 1.09 bits per heavy atom. The van der Waals surface area contributed by atoms with Crippen LogP contribution in [0.25, 0.3) is 0 Å². The minimum atomic E-state index is -0.619. The minimum Gasteiger partial charge on any atom is -0.483 e. The van der Waals surface area contributed by atoms with Crippen LogP contribution in [-0.2, 0) is 16.1 Å². The van der Waals surface area contributed by atoms with Gasteiger partial charge in [-0.25, -0.2) is 4.39 Å². The van der Waals surface area contributed by atoms with E-state index in [9.17, 15) is 14.0 Å². The first kappa shape index (κ1) is 24.7. The first-order valence-corrected chi connectivity index (χ1v) is 11.9. The van der Waals surface area contributed by atoms with Gasteiger partial charge in [0, 0.05) is 12.6 Å². The van der Waals surface area contributed by atoms with Gasteiger partial charge in [0.2, 0.25) is 5.91 Å². The maximum absolute atomic E-state index is 13.4. The quantitative estimate of drug-likeness (QED) is 0.575. The molecule has 2 aromatic rings. The minimum absolute atomic E-state index is 0.133. The number of rotatable bonds is 9. The topological polar surface area (TPSA) is 58.6 Å². The average Bonchev–Trinajstić information content (AvgIpc) is 2.81. The first-order chi connectivity index (χ1) is 15.9. The molecule has 2 aromatic carbocycles. The third kappa shape index (κ3) is 6.80. The SMILES string of the molecule is CC[C@@H](C(=O)NC1CCCCC1)N(Cc1ccc(F)cc1)C(=O)COc1cccc(C)c1C. The molecule has 5 nitrogen and oxygen atoms in total. The van der Waals surface area contributed by atoms with Crippen molar-refractivity contribution in [3.63, 3.8) is 0 Å². The van der Waals surface area contributed by atoms with Crippen LogP contribution in [0.15, 0.2) is 42.5 Å². The molecule has 1 aliphatic rings. The van der Waals surface area contributed by atoms with E-state index in [4.69, 9.17) is 4.74 Å². The van der Waals surface area contributed by atoms with Crippen LogP contribution >= 0.6 is 0 Å². The van der Waals surface area contributed by atoms with Crippen LogP contribution in [0, 0.1) is 19.7 Å². The van der Waals surface area contributed by atoms with Crippen LogP contribution < -0.4 is 10.1 Å². The number of ether oxygens (including phenoxy) is 1.